The fourth-order valence-corrected chi connectivity index (χ4v) is 11.2. The fraction of sp³-hybridized carbons (Fsp3) is 0.0286. The monoisotopic (exact) mass is 1040 g/mol. The Bertz CT molecular complexity index is 4840. The van der Waals surface area contributed by atoms with Crippen molar-refractivity contribution in [1.82, 2.24) is 14.1 Å². The maximum absolute atomic E-state index is 11.7. The summed E-state index contributed by atoms with van der Waals surface area (Å²) in [6.07, 6.45) is 0. The summed E-state index contributed by atoms with van der Waals surface area (Å²) >= 11 is 0. The topological polar surface area (TPSA) is 159 Å². The van der Waals surface area contributed by atoms with Gasteiger partial charge in [0.25, 0.3) is 0 Å². The van der Waals surface area contributed by atoms with E-state index in [4.69, 9.17) is 31.3 Å². The molecule has 9 aromatic carbocycles. The van der Waals surface area contributed by atoms with Crippen LogP contribution in [0.1, 0.15) is 39.2 Å². The third-order valence-corrected chi connectivity index (χ3v) is 14.7. The Kier molecular flexibility index (Phi) is 12.1. The quantitative estimate of drug-likeness (QED) is 0.144. The molecule has 0 aliphatic carbocycles. The molecule has 0 fully saturated rings. The molecule has 0 aliphatic rings. The second-order valence-corrected chi connectivity index (χ2v) is 19.7. The standard InChI is InChI=1S/C70H34N12/c1-40-15-54(16-41(2)80-40)64-34-65(81-66-29-46(50-17-42(35-71)21-56(25-50)76-3)7-11-60(66)61-12-8-47(30-67(61)81)51-18-43(36-72)22-57(26-51)77-4)55(39-75)33-70(64)82-68-31-48(52-19-44(37-73)23-58(27-52)78-5)9-13-62(68)63-14-10-49(32-69(63)82)53-20-45(38-74)24-59(28-53)79-6/h7-34H,1-2H3. The summed E-state index contributed by atoms with van der Waals surface area (Å²) in [5.74, 6) is 0. The van der Waals surface area contributed by atoms with Crippen LogP contribution in [0, 0.1) is 96.8 Å². The van der Waals surface area contributed by atoms with Gasteiger partial charge in [0.1, 0.15) is 6.07 Å². The maximum atomic E-state index is 11.7. The van der Waals surface area contributed by atoms with E-state index in [1.807, 2.05) is 111 Å². The van der Waals surface area contributed by atoms with Gasteiger partial charge in [-0.1, -0.05) is 48.5 Å². The molecule has 12 heteroatoms. The molecular weight excluding hydrogens is 1010 g/mol. The Morgan fingerprint density at radius 3 is 0.939 bits per heavy atom. The molecule has 3 heterocycles. The number of hydrogen-bond acceptors (Lipinski definition) is 6. The fourth-order valence-electron chi connectivity index (χ4n) is 11.2. The average Bonchev–Trinajstić information content (AvgIpc) is 3.16. The highest BCUT2D eigenvalue weighted by atomic mass is 15.0. The highest BCUT2D eigenvalue weighted by Crippen LogP contribution is 2.45. The molecule has 3 aromatic heterocycles. The van der Waals surface area contributed by atoms with Crippen molar-refractivity contribution in [2.75, 3.05) is 0 Å². The smallest absolute Gasteiger partial charge is 0.189 e. The number of aryl methyl sites for hydroxylation is 2. The van der Waals surface area contributed by atoms with Crippen molar-refractivity contribution in [3.63, 3.8) is 0 Å². The number of fused-ring (bicyclic) bond motifs is 6. The molecular formula is C70H34N12. The third kappa shape index (κ3) is 8.57. The minimum Gasteiger partial charge on any atom is -0.309 e. The largest absolute Gasteiger partial charge is 0.309 e. The lowest BCUT2D eigenvalue weighted by molar-refractivity contribution is 1.11. The van der Waals surface area contributed by atoms with Crippen LogP contribution in [0.25, 0.3) is 130 Å². The molecule has 12 nitrogen and oxygen atoms in total. The molecule has 0 atom stereocenters. The summed E-state index contributed by atoms with van der Waals surface area (Å²) in [5.41, 5.74) is 15.5. The molecule has 82 heavy (non-hydrogen) atoms. The van der Waals surface area contributed by atoms with Crippen LogP contribution in [-0.2, 0) is 0 Å². The predicted molar refractivity (Wildman–Crippen MR) is 318 cm³/mol. The lowest BCUT2D eigenvalue weighted by Gasteiger charge is -2.20. The number of pyridine rings is 1. The van der Waals surface area contributed by atoms with E-state index >= 15 is 0 Å². The van der Waals surface area contributed by atoms with Gasteiger partial charge in [0.05, 0.1) is 89.6 Å². The molecule has 0 aliphatic heterocycles. The van der Waals surface area contributed by atoms with Crippen molar-refractivity contribution in [1.29, 1.82) is 26.3 Å². The summed E-state index contributed by atoms with van der Waals surface area (Å²) in [7, 11) is 0. The van der Waals surface area contributed by atoms with Crippen LogP contribution < -0.4 is 0 Å². The first kappa shape index (κ1) is 50.0. The van der Waals surface area contributed by atoms with Gasteiger partial charge in [0.15, 0.2) is 22.7 Å². The SMILES string of the molecule is [C-]#[N+]c1cc(C#N)cc(-c2ccc3c4ccc(-c5cc(C#N)cc([N+]#[C-])c5)cc4n(-c4cc(-c5cc(C)nc(C)c5)c(-n5c6cc(-c7cc(C#N)cc([N+]#[C-])c7)ccc6c6ccc(-c7cc(C#N)cc([N+]#[C-])c7)cc65)cc4C#N)c3c2)c1. The summed E-state index contributed by atoms with van der Waals surface area (Å²) in [6, 6.07) is 63.4. The van der Waals surface area contributed by atoms with Gasteiger partial charge >= 0.3 is 0 Å². The first-order valence-corrected chi connectivity index (χ1v) is 25.4. The average molecular weight is 1040 g/mol. The highest BCUT2D eigenvalue weighted by Gasteiger charge is 2.24. The van der Waals surface area contributed by atoms with E-state index < -0.39 is 0 Å². The van der Waals surface area contributed by atoms with Crippen molar-refractivity contribution >= 4 is 66.4 Å². The molecule has 0 saturated carbocycles. The molecule has 0 N–H and O–H groups in total. The van der Waals surface area contributed by atoms with Gasteiger partial charge in [-0.2, -0.15) is 26.3 Å². The minimum atomic E-state index is 0.286. The zero-order valence-electron chi connectivity index (χ0n) is 43.5. The van der Waals surface area contributed by atoms with Gasteiger partial charge in [-0.15, -0.1) is 0 Å². The van der Waals surface area contributed by atoms with Crippen molar-refractivity contribution in [2.24, 2.45) is 0 Å². The van der Waals surface area contributed by atoms with E-state index in [0.717, 1.165) is 77.3 Å². The van der Waals surface area contributed by atoms with Gasteiger partial charge in [-0.05, 0) is 185 Å². The van der Waals surface area contributed by atoms with E-state index in [9.17, 15) is 26.3 Å². The Morgan fingerprint density at radius 1 is 0.329 bits per heavy atom. The van der Waals surface area contributed by atoms with Crippen LogP contribution in [0.15, 0.2) is 170 Å². The number of benzene rings is 9. The highest BCUT2D eigenvalue weighted by molar-refractivity contribution is 6.13. The minimum absolute atomic E-state index is 0.286. The van der Waals surface area contributed by atoms with Gasteiger partial charge in [-0.3, -0.25) is 4.98 Å². The van der Waals surface area contributed by atoms with Crippen molar-refractivity contribution in [3.05, 3.63) is 255 Å². The zero-order chi connectivity index (χ0) is 56.9. The summed E-state index contributed by atoms with van der Waals surface area (Å²) in [6.45, 7) is 35.3. The third-order valence-electron chi connectivity index (χ3n) is 14.7. The van der Waals surface area contributed by atoms with E-state index in [1.54, 1.807) is 72.8 Å². The second-order valence-electron chi connectivity index (χ2n) is 19.7. The summed E-state index contributed by atoms with van der Waals surface area (Å²) < 4.78 is 4.17. The molecule has 0 spiro atoms. The van der Waals surface area contributed by atoms with E-state index in [1.165, 1.54) is 0 Å². The van der Waals surface area contributed by atoms with Crippen LogP contribution in [0.2, 0.25) is 0 Å². The Morgan fingerprint density at radius 2 is 0.646 bits per heavy atom. The molecule has 374 valence electrons. The summed E-state index contributed by atoms with van der Waals surface area (Å²) in [5, 5.41) is 55.3. The van der Waals surface area contributed by atoms with Crippen LogP contribution in [0.5, 0.6) is 0 Å². The lowest BCUT2D eigenvalue weighted by Crippen LogP contribution is -2.04. The van der Waals surface area contributed by atoms with E-state index in [-0.39, 0.29) is 5.56 Å². The van der Waals surface area contributed by atoms with Gasteiger partial charge in [-0.25, -0.2) is 19.4 Å². The Hall–Kier alpha value is -12.9. The Balaban J connectivity index is 1.22. The van der Waals surface area contributed by atoms with Crippen LogP contribution in [0.3, 0.4) is 0 Å². The summed E-state index contributed by atoms with van der Waals surface area (Å²) in [4.78, 5) is 19.5. The molecule has 12 aromatic rings. The molecule has 0 radical (unpaired) electrons. The molecule has 0 bridgehead atoms. The Labute approximate surface area is 470 Å². The maximum Gasteiger partial charge on any atom is 0.189 e. The second kappa shape index (κ2) is 19.9. The first-order valence-electron chi connectivity index (χ1n) is 25.4. The number of rotatable bonds is 7. The normalized spacial score (nSPS) is 10.7. The molecule has 0 amide bonds. The van der Waals surface area contributed by atoms with Gasteiger partial charge in [0, 0.05) is 60.8 Å². The van der Waals surface area contributed by atoms with Crippen molar-refractivity contribution in [3.8, 4) is 97.4 Å². The molecule has 0 unspecified atom stereocenters. The zero-order valence-corrected chi connectivity index (χ0v) is 43.5. The molecule has 0 saturated heterocycles. The van der Waals surface area contributed by atoms with E-state index in [2.05, 4.69) is 58.9 Å². The number of nitrogens with zero attached hydrogens (tertiary/aromatic N) is 12. The number of nitriles is 5. The first-order chi connectivity index (χ1) is 39.9. The predicted octanol–water partition coefficient (Wildman–Crippen LogP) is 17.8. The number of hydrogen-bond donors (Lipinski definition) is 0. The molecule has 12 rings (SSSR count). The van der Waals surface area contributed by atoms with Crippen LogP contribution in [0.4, 0.5) is 22.7 Å². The van der Waals surface area contributed by atoms with Crippen molar-refractivity contribution in [2.45, 2.75) is 13.8 Å². The lowest BCUT2D eigenvalue weighted by atomic mass is 9.98. The van der Waals surface area contributed by atoms with E-state index in [0.29, 0.717) is 89.7 Å². The van der Waals surface area contributed by atoms with Crippen LogP contribution >= 0.6 is 0 Å². The van der Waals surface area contributed by atoms with Crippen molar-refractivity contribution < 1.29 is 0 Å². The van der Waals surface area contributed by atoms with Gasteiger partial charge in [0.2, 0.25) is 0 Å². The van der Waals surface area contributed by atoms with Crippen LogP contribution in [-0.4, -0.2) is 14.1 Å². The number of aromatic nitrogens is 3. The van der Waals surface area contributed by atoms with Gasteiger partial charge < -0.3 is 9.13 Å².